The zero-order valence-corrected chi connectivity index (χ0v) is 14.3. The summed E-state index contributed by atoms with van der Waals surface area (Å²) in [4.78, 5) is 23.5. The summed E-state index contributed by atoms with van der Waals surface area (Å²) in [6.07, 6.45) is 1.73. The molecule has 1 saturated heterocycles. The molecular weight excluding hydrogens is 328 g/mol. The molecule has 0 aliphatic carbocycles. The van der Waals surface area contributed by atoms with Gasteiger partial charge in [0.15, 0.2) is 0 Å². The van der Waals surface area contributed by atoms with Crippen LogP contribution in [0.15, 0.2) is 0 Å². The smallest absolute Gasteiger partial charge is 0.312 e. The first-order valence-electron chi connectivity index (χ1n) is 7.10. The normalized spacial score (nSPS) is 20.8. The van der Waals surface area contributed by atoms with Crippen molar-refractivity contribution in [3.63, 3.8) is 0 Å². The van der Waals surface area contributed by atoms with Gasteiger partial charge < -0.3 is 15.4 Å². The van der Waals surface area contributed by atoms with E-state index < -0.39 is 0 Å². The molecule has 0 unspecified atom stereocenters. The van der Waals surface area contributed by atoms with Crippen LogP contribution in [0.25, 0.3) is 0 Å². The molecule has 2 heterocycles. The van der Waals surface area contributed by atoms with Gasteiger partial charge in [-0.1, -0.05) is 11.3 Å². The molecular formula is C13H21ClN4O3S. The summed E-state index contributed by atoms with van der Waals surface area (Å²) >= 11 is 1.21. The Kier molecular flexibility index (Phi) is 7.70. The number of hydrogen-bond donors (Lipinski definition) is 2. The third kappa shape index (κ3) is 5.51. The van der Waals surface area contributed by atoms with E-state index in [9.17, 15) is 9.59 Å². The Balaban J connectivity index is 0.00000242. The maximum absolute atomic E-state index is 12.2. The second-order valence-electron chi connectivity index (χ2n) is 5.05. The number of nitrogens with zero attached hydrogens (tertiary/aromatic N) is 2. The molecule has 0 saturated carbocycles. The number of carbonyl (C=O) groups excluding carboxylic acids is 2. The van der Waals surface area contributed by atoms with Gasteiger partial charge >= 0.3 is 5.97 Å². The Labute approximate surface area is 139 Å². The molecule has 22 heavy (non-hydrogen) atoms. The third-order valence-electron chi connectivity index (χ3n) is 3.29. The number of hydrogen-bond acceptors (Lipinski definition) is 7. The predicted octanol–water partition coefficient (Wildman–Crippen LogP) is 1.39. The van der Waals surface area contributed by atoms with Crippen molar-refractivity contribution in [3.05, 3.63) is 5.01 Å². The van der Waals surface area contributed by atoms with E-state index in [1.807, 2.05) is 0 Å². The average Bonchev–Trinajstić information content (AvgIpc) is 2.86. The highest BCUT2D eigenvalue weighted by molar-refractivity contribution is 7.15. The Hall–Kier alpha value is -1.25. The Bertz CT molecular complexity index is 511. The SMILES string of the molecule is CCOC(=O)Cc1nnc(NC(=O)[C@H]2CCN[C@@H](C)C2)s1.Cl. The number of aromatic nitrogens is 2. The topological polar surface area (TPSA) is 93.2 Å². The minimum Gasteiger partial charge on any atom is -0.466 e. The number of anilines is 1. The number of carbonyl (C=O) groups is 2. The van der Waals surface area contributed by atoms with Crippen LogP contribution in [-0.4, -0.2) is 41.3 Å². The van der Waals surface area contributed by atoms with Crippen LogP contribution < -0.4 is 10.6 Å². The van der Waals surface area contributed by atoms with E-state index in [4.69, 9.17) is 4.74 Å². The van der Waals surface area contributed by atoms with Crippen LogP contribution in [0.5, 0.6) is 0 Å². The van der Waals surface area contributed by atoms with E-state index in [2.05, 4.69) is 27.8 Å². The molecule has 1 amide bonds. The van der Waals surface area contributed by atoms with Crippen molar-refractivity contribution >= 4 is 40.8 Å². The minimum atomic E-state index is -0.335. The molecule has 2 atom stereocenters. The maximum Gasteiger partial charge on any atom is 0.312 e. The molecule has 1 aromatic rings. The summed E-state index contributed by atoms with van der Waals surface area (Å²) in [5.41, 5.74) is 0. The molecule has 1 aliphatic rings. The first kappa shape index (κ1) is 18.8. The van der Waals surface area contributed by atoms with E-state index in [-0.39, 0.29) is 36.6 Å². The largest absolute Gasteiger partial charge is 0.466 e. The number of amides is 1. The number of nitrogens with one attached hydrogen (secondary N) is 2. The van der Waals surface area contributed by atoms with Crippen molar-refractivity contribution < 1.29 is 14.3 Å². The highest BCUT2D eigenvalue weighted by Crippen LogP contribution is 2.21. The second-order valence-corrected chi connectivity index (χ2v) is 6.11. The van der Waals surface area contributed by atoms with Crippen molar-refractivity contribution in [1.29, 1.82) is 0 Å². The summed E-state index contributed by atoms with van der Waals surface area (Å²) in [7, 11) is 0. The van der Waals surface area contributed by atoms with Crippen LogP contribution in [0.2, 0.25) is 0 Å². The molecule has 9 heteroatoms. The molecule has 1 fully saturated rings. The van der Waals surface area contributed by atoms with Gasteiger partial charge in [-0.05, 0) is 33.2 Å². The van der Waals surface area contributed by atoms with Gasteiger partial charge in [-0.15, -0.1) is 22.6 Å². The Morgan fingerprint density at radius 3 is 2.91 bits per heavy atom. The van der Waals surface area contributed by atoms with E-state index in [1.54, 1.807) is 6.92 Å². The molecule has 2 N–H and O–H groups in total. The molecule has 0 aromatic carbocycles. The van der Waals surface area contributed by atoms with E-state index in [1.165, 1.54) is 11.3 Å². The van der Waals surface area contributed by atoms with Gasteiger partial charge in [0.1, 0.15) is 5.01 Å². The highest BCUT2D eigenvalue weighted by atomic mass is 35.5. The number of rotatable bonds is 5. The summed E-state index contributed by atoms with van der Waals surface area (Å²) < 4.78 is 4.85. The van der Waals surface area contributed by atoms with Gasteiger partial charge in [-0.25, -0.2) is 0 Å². The minimum absolute atomic E-state index is 0. The standard InChI is InChI=1S/C13H20N4O3S.ClH/c1-3-20-11(18)7-10-16-17-13(21-10)15-12(19)9-4-5-14-8(2)6-9;/h8-9,14H,3-7H2,1-2H3,(H,15,17,19);1H/t8-,9-;/m0./s1. The van der Waals surface area contributed by atoms with Crippen molar-refractivity contribution in [2.24, 2.45) is 5.92 Å². The van der Waals surface area contributed by atoms with Gasteiger partial charge in [0, 0.05) is 12.0 Å². The highest BCUT2D eigenvalue weighted by Gasteiger charge is 2.25. The van der Waals surface area contributed by atoms with Crippen LogP contribution in [0.3, 0.4) is 0 Å². The van der Waals surface area contributed by atoms with Gasteiger partial charge in [0.2, 0.25) is 11.0 Å². The van der Waals surface area contributed by atoms with Crippen molar-refractivity contribution in [2.75, 3.05) is 18.5 Å². The quantitative estimate of drug-likeness (QED) is 0.781. The van der Waals surface area contributed by atoms with Gasteiger partial charge in [-0.2, -0.15) is 0 Å². The van der Waals surface area contributed by atoms with E-state index >= 15 is 0 Å². The zero-order valence-electron chi connectivity index (χ0n) is 12.6. The fraction of sp³-hybridized carbons (Fsp3) is 0.692. The summed E-state index contributed by atoms with van der Waals surface area (Å²) in [6.45, 7) is 5.02. The second kappa shape index (κ2) is 9.02. The lowest BCUT2D eigenvalue weighted by Crippen LogP contribution is -2.40. The number of esters is 1. The predicted molar refractivity (Wildman–Crippen MR) is 86.3 cm³/mol. The molecule has 124 valence electrons. The van der Waals surface area contributed by atoms with Crippen LogP contribution in [0.1, 0.15) is 31.7 Å². The number of piperidine rings is 1. The maximum atomic E-state index is 12.2. The molecule has 1 aliphatic heterocycles. The summed E-state index contributed by atoms with van der Waals surface area (Å²) in [6, 6.07) is 0.350. The van der Waals surface area contributed by atoms with Crippen molar-refractivity contribution in [3.8, 4) is 0 Å². The number of halogens is 1. The van der Waals surface area contributed by atoms with Gasteiger partial charge in [0.25, 0.3) is 0 Å². The first-order chi connectivity index (χ1) is 10.1. The Morgan fingerprint density at radius 1 is 1.45 bits per heavy atom. The molecule has 2 rings (SSSR count). The van der Waals surface area contributed by atoms with Crippen LogP contribution in [-0.2, 0) is 20.7 Å². The van der Waals surface area contributed by atoms with Crippen LogP contribution in [0, 0.1) is 5.92 Å². The first-order valence-corrected chi connectivity index (χ1v) is 7.92. The lowest BCUT2D eigenvalue weighted by Gasteiger charge is -2.26. The van der Waals surface area contributed by atoms with Crippen molar-refractivity contribution in [1.82, 2.24) is 15.5 Å². The van der Waals surface area contributed by atoms with E-state index in [0.717, 1.165) is 19.4 Å². The fourth-order valence-corrected chi connectivity index (χ4v) is 3.02. The molecule has 0 bridgehead atoms. The average molecular weight is 349 g/mol. The summed E-state index contributed by atoms with van der Waals surface area (Å²) in [5.74, 6) is -0.362. The van der Waals surface area contributed by atoms with Gasteiger partial charge in [-0.3, -0.25) is 9.59 Å². The molecule has 0 radical (unpaired) electrons. The Morgan fingerprint density at radius 2 is 2.23 bits per heavy atom. The van der Waals surface area contributed by atoms with E-state index in [0.29, 0.717) is 22.8 Å². The van der Waals surface area contributed by atoms with Crippen LogP contribution in [0.4, 0.5) is 5.13 Å². The molecule has 1 aromatic heterocycles. The summed E-state index contributed by atoms with van der Waals surface area (Å²) in [5, 5.41) is 14.9. The monoisotopic (exact) mass is 348 g/mol. The molecule has 0 spiro atoms. The number of ether oxygens (including phenoxy) is 1. The molecule has 7 nitrogen and oxygen atoms in total. The van der Waals surface area contributed by atoms with Gasteiger partial charge in [0.05, 0.1) is 13.0 Å². The van der Waals surface area contributed by atoms with Crippen LogP contribution >= 0.6 is 23.7 Å². The third-order valence-corrected chi connectivity index (χ3v) is 4.13. The zero-order chi connectivity index (χ0) is 15.2. The lowest BCUT2D eigenvalue weighted by atomic mass is 9.93. The fourth-order valence-electron chi connectivity index (χ4n) is 2.29. The van der Waals surface area contributed by atoms with Crippen molar-refractivity contribution in [2.45, 2.75) is 39.2 Å². The lowest BCUT2D eigenvalue weighted by molar-refractivity contribution is -0.142.